The molecule has 0 aliphatic heterocycles. The first kappa shape index (κ1) is 13.3. The highest BCUT2D eigenvalue weighted by atomic mass is 15.0. The lowest BCUT2D eigenvalue weighted by Gasteiger charge is -2.10. The van der Waals surface area contributed by atoms with E-state index in [4.69, 9.17) is 0 Å². The number of aromatic nitrogens is 1. The standard InChI is InChI=1S/C20H20N2/c1-2-8-15(9-3-1)18-14-20(21-16-10-4-5-11-16)22-19-13-7-6-12-17(18)19/h1-3,6-9,12-14,16H,4-5,10-11H2,(H,21,22)/p+1. The molecule has 0 saturated heterocycles. The minimum Gasteiger partial charge on any atom is -0.272 e. The van der Waals surface area contributed by atoms with Crippen molar-refractivity contribution in [1.82, 2.24) is 0 Å². The van der Waals surface area contributed by atoms with Crippen LogP contribution in [-0.2, 0) is 0 Å². The van der Waals surface area contributed by atoms with Gasteiger partial charge in [-0.2, -0.15) is 0 Å². The maximum Gasteiger partial charge on any atom is 0.273 e. The van der Waals surface area contributed by atoms with E-state index >= 15 is 0 Å². The molecule has 0 spiro atoms. The zero-order valence-corrected chi connectivity index (χ0v) is 12.7. The Bertz CT molecular complexity index is 774. The number of para-hydroxylation sites is 1. The molecule has 2 aromatic carbocycles. The molecule has 1 aliphatic carbocycles. The second-order valence-electron chi connectivity index (χ2n) is 6.13. The average molecular weight is 289 g/mol. The summed E-state index contributed by atoms with van der Waals surface area (Å²) in [6.45, 7) is 0. The Morgan fingerprint density at radius 1 is 0.864 bits per heavy atom. The number of H-pyrrole nitrogens is 1. The minimum absolute atomic E-state index is 0.612. The molecule has 0 atom stereocenters. The summed E-state index contributed by atoms with van der Waals surface area (Å²) in [6.07, 6.45) is 5.25. The molecule has 1 aliphatic rings. The molecule has 1 saturated carbocycles. The number of fused-ring (bicyclic) bond motifs is 1. The van der Waals surface area contributed by atoms with Gasteiger partial charge >= 0.3 is 0 Å². The molecule has 2 heteroatoms. The van der Waals surface area contributed by atoms with Crippen LogP contribution in [0.15, 0.2) is 60.7 Å². The van der Waals surface area contributed by atoms with E-state index in [2.05, 4.69) is 71.0 Å². The van der Waals surface area contributed by atoms with Crippen molar-refractivity contribution < 1.29 is 4.98 Å². The smallest absolute Gasteiger partial charge is 0.272 e. The highest BCUT2D eigenvalue weighted by Crippen LogP contribution is 2.29. The molecule has 0 amide bonds. The van der Waals surface area contributed by atoms with E-state index in [-0.39, 0.29) is 0 Å². The van der Waals surface area contributed by atoms with E-state index in [1.165, 1.54) is 47.7 Å². The fourth-order valence-corrected chi connectivity index (χ4v) is 3.45. The average Bonchev–Trinajstić information content (AvgIpc) is 3.08. The van der Waals surface area contributed by atoms with Crippen molar-refractivity contribution in [3.8, 4) is 11.1 Å². The molecular weight excluding hydrogens is 268 g/mol. The highest BCUT2D eigenvalue weighted by molar-refractivity contribution is 5.93. The van der Waals surface area contributed by atoms with E-state index in [1.54, 1.807) is 0 Å². The van der Waals surface area contributed by atoms with E-state index in [9.17, 15) is 0 Å². The van der Waals surface area contributed by atoms with Crippen LogP contribution in [0.25, 0.3) is 22.0 Å². The summed E-state index contributed by atoms with van der Waals surface area (Å²) in [7, 11) is 0. The number of aromatic amines is 1. The lowest BCUT2D eigenvalue weighted by Crippen LogP contribution is -2.22. The fourth-order valence-electron chi connectivity index (χ4n) is 3.45. The van der Waals surface area contributed by atoms with Crippen LogP contribution in [0.2, 0.25) is 0 Å². The second-order valence-corrected chi connectivity index (χ2v) is 6.13. The molecule has 4 rings (SSSR count). The summed E-state index contributed by atoms with van der Waals surface area (Å²) in [4.78, 5) is 3.55. The lowest BCUT2D eigenvalue weighted by molar-refractivity contribution is -0.327. The van der Waals surface area contributed by atoms with Crippen LogP contribution in [-0.4, -0.2) is 6.04 Å². The Kier molecular flexibility index (Phi) is 3.51. The predicted molar refractivity (Wildman–Crippen MR) is 91.8 cm³/mol. The van der Waals surface area contributed by atoms with Gasteiger partial charge in [0.1, 0.15) is 5.52 Å². The van der Waals surface area contributed by atoms with Crippen LogP contribution < -0.4 is 10.3 Å². The zero-order valence-electron chi connectivity index (χ0n) is 12.7. The maximum atomic E-state index is 3.69. The first-order valence-electron chi connectivity index (χ1n) is 8.17. The number of benzene rings is 2. The predicted octanol–water partition coefficient (Wildman–Crippen LogP) is 4.68. The van der Waals surface area contributed by atoms with E-state index < -0.39 is 0 Å². The van der Waals surface area contributed by atoms with Gasteiger partial charge in [0, 0.05) is 17.0 Å². The van der Waals surface area contributed by atoms with Crippen LogP contribution in [0.5, 0.6) is 0 Å². The second kappa shape index (κ2) is 5.80. The van der Waals surface area contributed by atoms with E-state index in [0.29, 0.717) is 6.04 Å². The molecule has 0 unspecified atom stereocenters. The van der Waals surface area contributed by atoms with Gasteiger partial charge in [0.15, 0.2) is 0 Å². The van der Waals surface area contributed by atoms with Crippen LogP contribution >= 0.6 is 0 Å². The Hall–Kier alpha value is -2.35. The van der Waals surface area contributed by atoms with Gasteiger partial charge < -0.3 is 0 Å². The Morgan fingerprint density at radius 3 is 2.41 bits per heavy atom. The van der Waals surface area contributed by atoms with E-state index in [1.807, 2.05) is 0 Å². The van der Waals surface area contributed by atoms with Crippen molar-refractivity contribution in [3.63, 3.8) is 0 Å². The Morgan fingerprint density at radius 2 is 1.59 bits per heavy atom. The number of anilines is 1. The normalized spacial score (nSPS) is 15.3. The third-order valence-electron chi connectivity index (χ3n) is 4.57. The van der Waals surface area contributed by atoms with Crippen molar-refractivity contribution in [3.05, 3.63) is 60.7 Å². The monoisotopic (exact) mass is 289 g/mol. The summed E-state index contributed by atoms with van der Waals surface area (Å²) in [6, 6.07) is 22.0. The molecule has 0 bridgehead atoms. The molecule has 2 N–H and O–H groups in total. The number of pyridine rings is 1. The van der Waals surface area contributed by atoms with Gasteiger partial charge in [-0.1, -0.05) is 48.5 Å². The summed E-state index contributed by atoms with van der Waals surface area (Å²) < 4.78 is 0. The van der Waals surface area contributed by atoms with Crippen molar-refractivity contribution >= 4 is 16.7 Å². The molecule has 2 nitrogen and oxygen atoms in total. The number of hydrogen-bond acceptors (Lipinski definition) is 1. The van der Waals surface area contributed by atoms with Gasteiger partial charge in [-0.05, 0) is 37.3 Å². The molecule has 0 radical (unpaired) electrons. The topological polar surface area (TPSA) is 26.2 Å². The van der Waals surface area contributed by atoms with Gasteiger partial charge in [0.05, 0.1) is 6.04 Å². The number of nitrogens with one attached hydrogen (secondary N) is 2. The zero-order chi connectivity index (χ0) is 14.8. The summed E-state index contributed by atoms with van der Waals surface area (Å²) >= 11 is 0. The molecule has 1 fully saturated rings. The van der Waals surface area contributed by atoms with Crippen LogP contribution in [0.4, 0.5) is 5.82 Å². The SMILES string of the molecule is c1ccc(-c2cc(NC3CCCC3)[nH+]c3ccccc23)cc1. The lowest BCUT2D eigenvalue weighted by atomic mass is 10.0. The maximum absolute atomic E-state index is 3.69. The molecule has 110 valence electrons. The van der Waals surface area contributed by atoms with E-state index in [0.717, 1.165) is 5.82 Å². The highest BCUT2D eigenvalue weighted by Gasteiger charge is 2.20. The molecule has 22 heavy (non-hydrogen) atoms. The van der Waals surface area contributed by atoms with Crippen LogP contribution in [0.1, 0.15) is 25.7 Å². The first-order valence-corrected chi connectivity index (χ1v) is 8.17. The van der Waals surface area contributed by atoms with Gasteiger partial charge in [-0.3, -0.25) is 5.32 Å². The number of hydrogen-bond donors (Lipinski definition) is 1. The summed E-state index contributed by atoms with van der Waals surface area (Å²) in [5, 5.41) is 4.96. The van der Waals surface area contributed by atoms with Gasteiger partial charge in [-0.15, -0.1) is 0 Å². The summed E-state index contributed by atoms with van der Waals surface area (Å²) in [5.74, 6) is 1.13. The number of rotatable bonds is 3. The third-order valence-corrected chi connectivity index (χ3v) is 4.57. The Balaban J connectivity index is 1.82. The third kappa shape index (κ3) is 2.57. The van der Waals surface area contributed by atoms with Crippen molar-refractivity contribution in [2.75, 3.05) is 5.32 Å². The first-order chi connectivity index (χ1) is 10.9. The van der Waals surface area contributed by atoms with Crippen molar-refractivity contribution in [1.29, 1.82) is 0 Å². The quantitative estimate of drug-likeness (QED) is 0.744. The molecular formula is C20H21N2+. The minimum atomic E-state index is 0.612. The van der Waals surface area contributed by atoms with Crippen LogP contribution in [0.3, 0.4) is 0 Å². The summed E-state index contributed by atoms with van der Waals surface area (Å²) in [5.41, 5.74) is 3.74. The van der Waals surface area contributed by atoms with Crippen molar-refractivity contribution in [2.24, 2.45) is 0 Å². The molecule has 1 aromatic heterocycles. The van der Waals surface area contributed by atoms with Gasteiger partial charge in [0.25, 0.3) is 5.82 Å². The Labute approximate surface area is 131 Å². The van der Waals surface area contributed by atoms with Crippen molar-refractivity contribution in [2.45, 2.75) is 31.7 Å². The largest absolute Gasteiger partial charge is 0.273 e. The fraction of sp³-hybridized carbons (Fsp3) is 0.250. The van der Waals surface area contributed by atoms with Gasteiger partial charge in [0.2, 0.25) is 0 Å². The van der Waals surface area contributed by atoms with Gasteiger partial charge in [-0.25, -0.2) is 4.98 Å². The molecule has 3 aromatic rings. The molecule has 1 heterocycles. The van der Waals surface area contributed by atoms with Crippen LogP contribution in [0, 0.1) is 0 Å².